The molecule has 1 saturated heterocycles. The highest BCUT2D eigenvalue weighted by molar-refractivity contribution is 5.71. The molecule has 18 heavy (non-hydrogen) atoms. The van der Waals surface area contributed by atoms with Crippen molar-refractivity contribution in [2.45, 2.75) is 83.7 Å². The Morgan fingerprint density at radius 2 is 1.83 bits per heavy atom. The standard InChI is InChI=1S/C16H28O2/c1-2-3-4-5-6-7-8-9-10-11-12-15-13-14-16(17)18-15/h7-8,15H,2-6,9-14H2,1H3/b8-7-. The molecule has 2 nitrogen and oxygen atoms in total. The minimum atomic E-state index is -0.00743. The van der Waals surface area contributed by atoms with Gasteiger partial charge in [0.1, 0.15) is 6.10 Å². The van der Waals surface area contributed by atoms with Crippen LogP contribution in [-0.4, -0.2) is 12.1 Å². The molecule has 0 aromatic heterocycles. The Morgan fingerprint density at radius 1 is 1.11 bits per heavy atom. The van der Waals surface area contributed by atoms with E-state index in [0.29, 0.717) is 6.42 Å². The number of esters is 1. The molecule has 0 N–H and O–H groups in total. The van der Waals surface area contributed by atoms with Gasteiger partial charge < -0.3 is 4.74 Å². The molecule has 0 spiro atoms. The molecule has 0 radical (unpaired) electrons. The van der Waals surface area contributed by atoms with Crippen molar-refractivity contribution in [2.24, 2.45) is 0 Å². The van der Waals surface area contributed by atoms with Crippen LogP contribution >= 0.6 is 0 Å². The summed E-state index contributed by atoms with van der Waals surface area (Å²) in [5.41, 5.74) is 0. The van der Waals surface area contributed by atoms with Gasteiger partial charge in [-0.25, -0.2) is 0 Å². The zero-order valence-electron chi connectivity index (χ0n) is 11.8. The Morgan fingerprint density at radius 3 is 2.44 bits per heavy atom. The average molecular weight is 252 g/mol. The molecule has 1 heterocycles. The molecule has 2 heteroatoms. The smallest absolute Gasteiger partial charge is 0.306 e. The SMILES string of the molecule is CCCCCC/C=C\CCCCC1CCC(=O)O1. The van der Waals surface area contributed by atoms with Crippen molar-refractivity contribution in [3.05, 3.63) is 12.2 Å². The lowest BCUT2D eigenvalue weighted by atomic mass is 10.1. The zero-order chi connectivity index (χ0) is 13.1. The molecule has 1 aliphatic rings. The highest BCUT2D eigenvalue weighted by Crippen LogP contribution is 2.19. The lowest BCUT2D eigenvalue weighted by Gasteiger charge is -2.07. The second-order valence-electron chi connectivity index (χ2n) is 5.26. The first-order valence-electron chi connectivity index (χ1n) is 7.67. The minimum Gasteiger partial charge on any atom is -0.462 e. The summed E-state index contributed by atoms with van der Waals surface area (Å²) in [6, 6.07) is 0. The maximum absolute atomic E-state index is 10.9. The third kappa shape index (κ3) is 7.52. The number of cyclic esters (lactones) is 1. The molecule has 0 amide bonds. The summed E-state index contributed by atoms with van der Waals surface area (Å²) in [5.74, 6) is -0.00743. The summed E-state index contributed by atoms with van der Waals surface area (Å²) in [4.78, 5) is 10.9. The maximum atomic E-state index is 10.9. The van der Waals surface area contributed by atoms with Crippen LogP contribution in [0.1, 0.15) is 77.6 Å². The number of ether oxygens (including phenoxy) is 1. The van der Waals surface area contributed by atoms with Gasteiger partial charge in [-0.2, -0.15) is 0 Å². The van der Waals surface area contributed by atoms with Crippen LogP contribution in [0.4, 0.5) is 0 Å². The molecule has 0 saturated carbocycles. The lowest BCUT2D eigenvalue weighted by Crippen LogP contribution is -2.05. The summed E-state index contributed by atoms with van der Waals surface area (Å²) in [5, 5.41) is 0. The van der Waals surface area contributed by atoms with Gasteiger partial charge in [-0.15, -0.1) is 0 Å². The molecule has 0 aliphatic carbocycles. The lowest BCUT2D eigenvalue weighted by molar-refractivity contribution is -0.141. The van der Waals surface area contributed by atoms with E-state index >= 15 is 0 Å². The number of carbonyl (C=O) groups is 1. The van der Waals surface area contributed by atoms with Crippen molar-refractivity contribution in [3.8, 4) is 0 Å². The van der Waals surface area contributed by atoms with Crippen LogP contribution in [0.25, 0.3) is 0 Å². The van der Waals surface area contributed by atoms with E-state index in [1.807, 2.05) is 0 Å². The summed E-state index contributed by atoms with van der Waals surface area (Å²) < 4.78 is 5.19. The molecule has 0 bridgehead atoms. The van der Waals surface area contributed by atoms with E-state index in [4.69, 9.17) is 4.74 Å². The minimum absolute atomic E-state index is 0.00743. The topological polar surface area (TPSA) is 26.3 Å². The summed E-state index contributed by atoms with van der Waals surface area (Å²) in [7, 11) is 0. The molecule has 0 aromatic rings. The van der Waals surface area contributed by atoms with Crippen LogP contribution in [0.15, 0.2) is 12.2 Å². The molecular weight excluding hydrogens is 224 g/mol. The molecule has 104 valence electrons. The van der Waals surface area contributed by atoms with Crippen molar-refractivity contribution < 1.29 is 9.53 Å². The molecule has 1 unspecified atom stereocenters. The van der Waals surface area contributed by atoms with Gasteiger partial charge in [-0.1, -0.05) is 38.3 Å². The van der Waals surface area contributed by atoms with Gasteiger partial charge in [0, 0.05) is 6.42 Å². The molecule has 1 atom stereocenters. The van der Waals surface area contributed by atoms with Crippen molar-refractivity contribution in [2.75, 3.05) is 0 Å². The fourth-order valence-corrected chi connectivity index (χ4v) is 2.34. The molecule has 1 fully saturated rings. The van der Waals surface area contributed by atoms with E-state index in [-0.39, 0.29) is 12.1 Å². The Balaban J connectivity index is 1.83. The second-order valence-corrected chi connectivity index (χ2v) is 5.26. The van der Waals surface area contributed by atoms with Crippen molar-refractivity contribution >= 4 is 5.97 Å². The summed E-state index contributed by atoms with van der Waals surface area (Å²) in [6.45, 7) is 2.25. The third-order valence-electron chi connectivity index (χ3n) is 3.51. The van der Waals surface area contributed by atoms with Crippen LogP contribution < -0.4 is 0 Å². The number of hydrogen-bond acceptors (Lipinski definition) is 2. The van der Waals surface area contributed by atoms with Gasteiger partial charge in [0.2, 0.25) is 0 Å². The first-order chi connectivity index (χ1) is 8.83. The van der Waals surface area contributed by atoms with Gasteiger partial charge >= 0.3 is 5.97 Å². The summed E-state index contributed by atoms with van der Waals surface area (Å²) in [6.07, 6.45) is 17.7. The van der Waals surface area contributed by atoms with E-state index in [1.165, 1.54) is 51.4 Å². The Labute approximate surface area is 112 Å². The molecule has 0 aromatic carbocycles. The monoisotopic (exact) mass is 252 g/mol. The first-order valence-corrected chi connectivity index (χ1v) is 7.67. The van der Waals surface area contributed by atoms with Crippen LogP contribution in [0.5, 0.6) is 0 Å². The number of hydrogen-bond donors (Lipinski definition) is 0. The first kappa shape index (κ1) is 15.3. The quantitative estimate of drug-likeness (QED) is 0.318. The zero-order valence-corrected chi connectivity index (χ0v) is 11.8. The molecule has 1 rings (SSSR count). The maximum Gasteiger partial charge on any atom is 0.306 e. The van der Waals surface area contributed by atoms with Crippen molar-refractivity contribution in [3.63, 3.8) is 0 Å². The molecule has 1 aliphatic heterocycles. The van der Waals surface area contributed by atoms with Crippen LogP contribution in [0.2, 0.25) is 0 Å². The predicted molar refractivity (Wildman–Crippen MR) is 75.5 cm³/mol. The third-order valence-corrected chi connectivity index (χ3v) is 3.51. The fourth-order valence-electron chi connectivity index (χ4n) is 2.34. The van der Waals surface area contributed by atoms with Gasteiger partial charge in [0.15, 0.2) is 0 Å². The van der Waals surface area contributed by atoms with Gasteiger partial charge in [0.25, 0.3) is 0 Å². The van der Waals surface area contributed by atoms with Crippen molar-refractivity contribution in [1.82, 2.24) is 0 Å². The normalized spacial score (nSPS) is 19.6. The van der Waals surface area contributed by atoms with E-state index < -0.39 is 0 Å². The van der Waals surface area contributed by atoms with Gasteiger partial charge in [-0.3, -0.25) is 4.79 Å². The van der Waals surface area contributed by atoms with Crippen molar-refractivity contribution in [1.29, 1.82) is 0 Å². The van der Waals surface area contributed by atoms with E-state index in [0.717, 1.165) is 12.8 Å². The number of unbranched alkanes of at least 4 members (excludes halogenated alkanes) is 6. The Kier molecular flexibility index (Phi) is 8.62. The van der Waals surface area contributed by atoms with E-state index in [2.05, 4.69) is 19.1 Å². The fraction of sp³-hybridized carbons (Fsp3) is 0.812. The largest absolute Gasteiger partial charge is 0.462 e. The second kappa shape index (κ2) is 10.2. The predicted octanol–water partition coefficient (Wildman–Crippen LogP) is 4.78. The van der Waals surface area contributed by atoms with E-state index in [1.54, 1.807) is 0 Å². The van der Waals surface area contributed by atoms with Gasteiger partial charge in [-0.05, 0) is 44.9 Å². The van der Waals surface area contributed by atoms with E-state index in [9.17, 15) is 4.79 Å². The highest BCUT2D eigenvalue weighted by Gasteiger charge is 2.22. The Hall–Kier alpha value is -0.790. The van der Waals surface area contributed by atoms with Crippen LogP contribution in [-0.2, 0) is 9.53 Å². The number of carbonyl (C=O) groups excluding carboxylic acids is 1. The Bertz CT molecular complexity index is 245. The van der Waals surface area contributed by atoms with Gasteiger partial charge in [0.05, 0.1) is 0 Å². The number of allylic oxidation sites excluding steroid dienone is 2. The average Bonchev–Trinajstić information content (AvgIpc) is 2.77. The number of rotatable bonds is 10. The highest BCUT2D eigenvalue weighted by atomic mass is 16.5. The van der Waals surface area contributed by atoms with Crippen LogP contribution in [0, 0.1) is 0 Å². The van der Waals surface area contributed by atoms with Crippen LogP contribution in [0.3, 0.4) is 0 Å². The molecular formula is C16H28O2. The summed E-state index contributed by atoms with van der Waals surface area (Å²) >= 11 is 0.